The molecule has 24 heavy (non-hydrogen) atoms. The van der Waals surface area contributed by atoms with Gasteiger partial charge in [0.15, 0.2) is 0 Å². The van der Waals surface area contributed by atoms with E-state index in [1.807, 2.05) is 0 Å². The molecule has 5 nitrogen and oxygen atoms in total. The third-order valence-corrected chi connectivity index (χ3v) is 5.95. The molecule has 3 aliphatic rings. The van der Waals surface area contributed by atoms with E-state index in [4.69, 9.17) is 4.74 Å². The van der Waals surface area contributed by atoms with Crippen LogP contribution in [0.15, 0.2) is 0 Å². The fourth-order valence-corrected chi connectivity index (χ4v) is 4.50. The Labute approximate surface area is 147 Å². The van der Waals surface area contributed by atoms with Crippen LogP contribution in [-0.2, 0) is 9.53 Å². The molecule has 0 spiro atoms. The maximum absolute atomic E-state index is 12.2. The molecule has 3 aliphatic heterocycles. The van der Waals surface area contributed by atoms with Crippen LogP contribution < -0.4 is 5.32 Å². The van der Waals surface area contributed by atoms with Crippen molar-refractivity contribution < 1.29 is 9.53 Å². The Kier molecular flexibility index (Phi) is 6.93. The van der Waals surface area contributed by atoms with Crippen LogP contribution in [0.25, 0.3) is 0 Å². The van der Waals surface area contributed by atoms with Crippen molar-refractivity contribution in [1.29, 1.82) is 0 Å². The number of amides is 1. The maximum atomic E-state index is 12.2. The third-order valence-electron chi connectivity index (χ3n) is 5.95. The van der Waals surface area contributed by atoms with Gasteiger partial charge in [-0.15, -0.1) is 0 Å². The monoisotopic (exact) mass is 337 g/mol. The van der Waals surface area contributed by atoms with Crippen LogP contribution >= 0.6 is 0 Å². The number of piperidine rings is 2. The molecular weight excluding hydrogens is 302 g/mol. The summed E-state index contributed by atoms with van der Waals surface area (Å²) in [5.41, 5.74) is 0. The van der Waals surface area contributed by atoms with E-state index >= 15 is 0 Å². The zero-order valence-corrected chi connectivity index (χ0v) is 15.3. The molecular formula is C19H35N3O2. The van der Waals surface area contributed by atoms with Gasteiger partial charge in [-0.05, 0) is 64.5 Å². The van der Waals surface area contributed by atoms with E-state index in [0.29, 0.717) is 13.1 Å². The zero-order chi connectivity index (χ0) is 16.8. The molecule has 138 valence electrons. The summed E-state index contributed by atoms with van der Waals surface area (Å²) < 4.78 is 5.57. The summed E-state index contributed by atoms with van der Waals surface area (Å²) in [7, 11) is 0. The first kappa shape index (κ1) is 18.2. The van der Waals surface area contributed by atoms with Crippen LogP contribution in [0, 0.1) is 5.92 Å². The molecule has 0 aromatic rings. The molecule has 0 aromatic heterocycles. The van der Waals surface area contributed by atoms with Crippen LogP contribution in [0.2, 0.25) is 0 Å². The minimum absolute atomic E-state index is 0.164. The van der Waals surface area contributed by atoms with Crippen molar-refractivity contribution in [2.45, 2.75) is 64.0 Å². The van der Waals surface area contributed by atoms with E-state index in [0.717, 1.165) is 44.5 Å². The highest BCUT2D eigenvalue weighted by Crippen LogP contribution is 2.22. The summed E-state index contributed by atoms with van der Waals surface area (Å²) in [4.78, 5) is 17.2. The maximum Gasteiger partial charge on any atom is 0.234 e. The minimum Gasteiger partial charge on any atom is -0.376 e. The molecule has 0 bridgehead atoms. The van der Waals surface area contributed by atoms with Crippen molar-refractivity contribution in [3.8, 4) is 0 Å². The van der Waals surface area contributed by atoms with Gasteiger partial charge in [-0.2, -0.15) is 0 Å². The van der Waals surface area contributed by atoms with Crippen LogP contribution in [0.4, 0.5) is 0 Å². The quantitative estimate of drug-likeness (QED) is 0.804. The number of nitrogens with one attached hydrogen (secondary N) is 1. The predicted octanol–water partition coefficient (Wildman–Crippen LogP) is 1.87. The van der Waals surface area contributed by atoms with E-state index in [1.54, 1.807) is 0 Å². The second-order valence-electron chi connectivity index (χ2n) is 8.02. The smallest absolute Gasteiger partial charge is 0.234 e. The summed E-state index contributed by atoms with van der Waals surface area (Å²) >= 11 is 0. The Bertz CT molecular complexity index is 398. The largest absolute Gasteiger partial charge is 0.376 e. The van der Waals surface area contributed by atoms with Gasteiger partial charge in [-0.25, -0.2) is 0 Å². The molecule has 3 saturated heterocycles. The van der Waals surface area contributed by atoms with Gasteiger partial charge in [0.2, 0.25) is 5.91 Å². The molecule has 0 radical (unpaired) electrons. The highest BCUT2D eigenvalue weighted by Gasteiger charge is 2.26. The van der Waals surface area contributed by atoms with Crippen molar-refractivity contribution >= 4 is 5.91 Å². The van der Waals surface area contributed by atoms with E-state index in [9.17, 15) is 4.79 Å². The zero-order valence-electron chi connectivity index (χ0n) is 15.3. The van der Waals surface area contributed by atoms with Crippen molar-refractivity contribution in [3.05, 3.63) is 0 Å². The Balaban J connectivity index is 1.37. The van der Waals surface area contributed by atoms with Crippen LogP contribution in [0.3, 0.4) is 0 Å². The summed E-state index contributed by atoms with van der Waals surface area (Å²) in [5, 5.41) is 3.06. The number of likely N-dealkylation sites (tertiary alicyclic amines) is 2. The molecule has 0 saturated carbocycles. The van der Waals surface area contributed by atoms with Gasteiger partial charge in [-0.1, -0.05) is 6.42 Å². The van der Waals surface area contributed by atoms with Crippen molar-refractivity contribution in [2.75, 3.05) is 45.9 Å². The normalized spacial score (nSPS) is 32.8. The van der Waals surface area contributed by atoms with Gasteiger partial charge >= 0.3 is 0 Å². The molecule has 0 aromatic carbocycles. The lowest BCUT2D eigenvalue weighted by atomic mass is 9.95. The number of hydrogen-bond acceptors (Lipinski definition) is 4. The highest BCUT2D eigenvalue weighted by molar-refractivity contribution is 5.78. The van der Waals surface area contributed by atoms with E-state index in [-0.39, 0.29) is 12.0 Å². The molecule has 3 atom stereocenters. The average molecular weight is 338 g/mol. The Morgan fingerprint density at radius 2 is 2.04 bits per heavy atom. The number of ether oxygens (including phenoxy) is 1. The molecule has 3 rings (SSSR count). The Hall–Kier alpha value is -0.650. The predicted molar refractivity (Wildman–Crippen MR) is 96.0 cm³/mol. The van der Waals surface area contributed by atoms with Gasteiger partial charge in [0.05, 0.1) is 12.6 Å². The summed E-state index contributed by atoms with van der Waals surface area (Å²) in [6.45, 7) is 9.09. The summed E-state index contributed by atoms with van der Waals surface area (Å²) in [5.74, 6) is 0.891. The standard InChI is InChI=1S/C19H35N3O2/c1-16-6-2-3-10-22(16)14-17-7-4-9-21(13-17)15-19(23)20-12-18-8-5-11-24-18/h16-18H,2-15H2,1H3,(H,20,23). The highest BCUT2D eigenvalue weighted by atomic mass is 16.5. The van der Waals surface area contributed by atoms with Gasteiger partial charge in [-0.3, -0.25) is 9.69 Å². The van der Waals surface area contributed by atoms with Gasteiger partial charge < -0.3 is 15.0 Å². The number of rotatable bonds is 6. The Morgan fingerprint density at radius 3 is 2.83 bits per heavy atom. The first-order valence-corrected chi connectivity index (χ1v) is 10.1. The Morgan fingerprint density at radius 1 is 1.12 bits per heavy atom. The second-order valence-corrected chi connectivity index (χ2v) is 8.02. The van der Waals surface area contributed by atoms with Gasteiger partial charge in [0, 0.05) is 32.3 Å². The fraction of sp³-hybridized carbons (Fsp3) is 0.947. The van der Waals surface area contributed by atoms with Crippen molar-refractivity contribution in [3.63, 3.8) is 0 Å². The first-order chi connectivity index (χ1) is 11.7. The third kappa shape index (κ3) is 5.43. The molecule has 5 heteroatoms. The summed E-state index contributed by atoms with van der Waals surface area (Å²) in [6.07, 6.45) is 9.09. The van der Waals surface area contributed by atoms with Crippen LogP contribution in [-0.4, -0.2) is 73.7 Å². The molecule has 3 heterocycles. The molecule has 3 unspecified atom stereocenters. The second kappa shape index (κ2) is 9.16. The lowest BCUT2D eigenvalue weighted by Crippen LogP contribution is -2.48. The van der Waals surface area contributed by atoms with Crippen LogP contribution in [0.5, 0.6) is 0 Å². The topological polar surface area (TPSA) is 44.8 Å². The van der Waals surface area contributed by atoms with E-state index in [2.05, 4.69) is 22.0 Å². The molecule has 0 aliphatic carbocycles. The molecule has 3 fully saturated rings. The van der Waals surface area contributed by atoms with Gasteiger partial charge in [0.1, 0.15) is 0 Å². The fourth-order valence-electron chi connectivity index (χ4n) is 4.50. The number of hydrogen-bond donors (Lipinski definition) is 1. The SMILES string of the molecule is CC1CCCCN1CC1CCCN(CC(=O)NCC2CCCO2)C1. The van der Waals surface area contributed by atoms with Crippen LogP contribution in [0.1, 0.15) is 51.9 Å². The lowest BCUT2D eigenvalue weighted by molar-refractivity contribution is -0.123. The molecule has 1 amide bonds. The average Bonchev–Trinajstić information content (AvgIpc) is 3.09. The van der Waals surface area contributed by atoms with Crippen molar-refractivity contribution in [2.24, 2.45) is 5.92 Å². The first-order valence-electron chi connectivity index (χ1n) is 10.1. The number of carbonyl (C=O) groups is 1. The summed E-state index contributed by atoms with van der Waals surface area (Å²) in [6, 6.07) is 0.740. The van der Waals surface area contributed by atoms with Gasteiger partial charge in [0.25, 0.3) is 0 Å². The van der Waals surface area contributed by atoms with E-state index < -0.39 is 0 Å². The molecule has 1 N–H and O–H groups in total. The minimum atomic E-state index is 0.164. The van der Waals surface area contributed by atoms with Crippen molar-refractivity contribution in [1.82, 2.24) is 15.1 Å². The van der Waals surface area contributed by atoms with E-state index in [1.165, 1.54) is 45.2 Å². The lowest BCUT2D eigenvalue weighted by Gasteiger charge is -2.39. The number of carbonyl (C=O) groups excluding carboxylic acids is 1. The number of nitrogens with zero attached hydrogens (tertiary/aromatic N) is 2.